The highest BCUT2D eigenvalue weighted by Gasteiger charge is 2.03. The maximum Gasteiger partial charge on any atom is 0.230 e. The molecule has 0 spiro atoms. The second-order valence-electron chi connectivity index (χ2n) is 2.68. The van der Waals surface area contributed by atoms with Crippen molar-refractivity contribution < 1.29 is 9.52 Å². The lowest BCUT2D eigenvalue weighted by atomic mass is 10.3. The molecule has 1 unspecified atom stereocenters. The van der Waals surface area contributed by atoms with Crippen LogP contribution in [0, 0.1) is 6.92 Å². The van der Waals surface area contributed by atoms with E-state index in [-0.39, 0.29) is 12.6 Å². The lowest BCUT2D eigenvalue weighted by molar-refractivity contribution is 0.247. The lowest BCUT2D eigenvalue weighted by Crippen LogP contribution is -2.28. The average Bonchev–Trinajstić information content (AvgIpc) is 2.47. The summed E-state index contributed by atoms with van der Waals surface area (Å²) >= 11 is 0. The van der Waals surface area contributed by atoms with Gasteiger partial charge in [0.25, 0.3) is 0 Å². The summed E-state index contributed by atoms with van der Waals surface area (Å²) in [4.78, 5) is 0. The topological polar surface area (TPSA) is 71.2 Å². The first-order valence-electron chi connectivity index (χ1n) is 3.85. The van der Waals surface area contributed by atoms with Gasteiger partial charge in [0.15, 0.2) is 0 Å². The van der Waals surface area contributed by atoms with Crippen LogP contribution in [0.2, 0.25) is 0 Å². The summed E-state index contributed by atoms with van der Waals surface area (Å²) in [6, 6.07) is 0.0530. The largest absolute Gasteiger partial charge is 0.424 e. The fraction of sp³-hybridized carbons (Fsp3) is 0.714. The summed E-state index contributed by atoms with van der Waals surface area (Å²) in [7, 11) is 0. The van der Waals surface area contributed by atoms with Crippen molar-refractivity contribution in [3.05, 3.63) is 11.8 Å². The summed E-state index contributed by atoms with van der Waals surface area (Å²) in [5.74, 6) is 1.11. The summed E-state index contributed by atoms with van der Waals surface area (Å²) in [5.41, 5.74) is 0. The molecule has 1 aromatic rings. The predicted octanol–water partition coefficient (Wildman–Crippen LogP) is -0.152. The molecule has 1 rings (SSSR count). The first-order valence-corrected chi connectivity index (χ1v) is 3.85. The van der Waals surface area contributed by atoms with Crippen molar-refractivity contribution in [1.29, 1.82) is 0 Å². The van der Waals surface area contributed by atoms with E-state index in [4.69, 9.17) is 9.52 Å². The Labute approximate surface area is 70.8 Å². The molecule has 0 aliphatic heterocycles. The average molecular weight is 171 g/mol. The SMILES string of the molecule is Cc1nnc(CNC(C)CO)o1. The molecular formula is C7H13N3O2. The van der Waals surface area contributed by atoms with Crippen LogP contribution in [0.15, 0.2) is 4.42 Å². The summed E-state index contributed by atoms with van der Waals surface area (Å²) in [6.45, 7) is 4.23. The number of aliphatic hydroxyl groups is 1. The van der Waals surface area contributed by atoms with Crippen molar-refractivity contribution in [1.82, 2.24) is 15.5 Å². The molecule has 0 aliphatic carbocycles. The molecule has 0 radical (unpaired) electrons. The van der Waals surface area contributed by atoms with Crippen molar-refractivity contribution in [3.8, 4) is 0 Å². The minimum atomic E-state index is 0.0530. The Morgan fingerprint density at radius 3 is 2.83 bits per heavy atom. The fourth-order valence-corrected chi connectivity index (χ4v) is 0.735. The van der Waals surface area contributed by atoms with E-state index in [1.54, 1.807) is 6.92 Å². The third-order valence-corrected chi connectivity index (χ3v) is 1.44. The van der Waals surface area contributed by atoms with Gasteiger partial charge in [0.05, 0.1) is 13.2 Å². The van der Waals surface area contributed by atoms with Crippen LogP contribution in [-0.4, -0.2) is 28.0 Å². The van der Waals surface area contributed by atoms with E-state index in [1.807, 2.05) is 6.92 Å². The number of rotatable bonds is 4. The molecule has 1 aromatic heterocycles. The molecule has 0 aliphatic rings. The molecule has 0 aromatic carbocycles. The number of nitrogens with one attached hydrogen (secondary N) is 1. The van der Waals surface area contributed by atoms with Gasteiger partial charge < -0.3 is 14.8 Å². The molecular weight excluding hydrogens is 158 g/mol. The van der Waals surface area contributed by atoms with Crippen LogP contribution in [0.4, 0.5) is 0 Å². The van der Waals surface area contributed by atoms with Crippen LogP contribution in [0.1, 0.15) is 18.7 Å². The zero-order chi connectivity index (χ0) is 8.97. The fourth-order valence-electron chi connectivity index (χ4n) is 0.735. The van der Waals surface area contributed by atoms with Crippen LogP contribution in [0.25, 0.3) is 0 Å². The number of aliphatic hydroxyl groups excluding tert-OH is 1. The Balaban J connectivity index is 2.33. The Bertz CT molecular complexity index is 236. The van der Waals surface area contributed by atoms with Gasteiger partial charge in [0, 0.05) is 13.0 Å². The van der Waals surface area contributed by atoms with Gasteiger partial charge in [-0.05, 0) is 6.92 Å². The Kier molecular flexibility index (Phi) is 3.19. The van der Waals surface area contributed by atoms with Crippen molar-refractivity contribution in [2.45, 2.75) is 26.4 Å². The van der Waals surface area contributed by atoms with Gasteiger partial charge in [-0.3, -0.25) is 0 Å². The minimum absolute atomic E-state index is 0.0530. The van der Waals surface area contributed by atoms with Gasteiger partial charge in [-0.15, -0.1) is 10.2 Å². The predicted molar refractivity (Wildman–Crippen MR) is 42.4 cm³/mol. The van der Waals surface area contributed by atoms with E-state index >= 15 is 0 Å². The molecule has 1 atom stereocenters. The first-order chi connectivity index (χ1) is 5.72. The van der Waals surface area contributed by atoms with Gasteiger partial charge in [-0.25, -0.2) is 0 Å². The minimum Gasteiger partial charge on any atom is -0.424 e. The van der Waals surface area contributed by atoms with Crippen molar-refractivity contribution >= 4 is 0 Å². The molecule has 0 amide bonds. The molecule has 5 heteroatoms. The number of hydrogen-bond acceptors (Lipinski definition) is 5. The van der Waals surface area contributed by atoms with E-state index in [2.05, 4.69) is 15.5 Å². The number of aryl methyl sites for hydroxylation is 1. The molecule has 0 saturated heterocycles. The lowest BCUT2D eigenvalue weighted by Gasteiger charge is -2.06. The van der Waals surface area contributed by atoms with Gasteiger partial charge in [-0.2, -0.15) is 0 Å². The third-order valence-electron chi connectivity index (χ3n) is 1.44. The highest BCUT2D eigenvalue weighted by Crippen LogP contribution is 1.96. The van der Waals surface area contributed by atoms with Crippen molar-refractivity contribution in [3.63, 3.8) is 0 Å². The van der Waals surface area contributed by atoms with Gasteiger partial charge in [0.1, 0.15) is 0 Å². The van der Waals surface area contributed by atoms with E-state index in [9.17, 15) is 0 Å². The molecule has 68 valence electrons. The van der Waals surface area contributed by atoms with Crippen LogP contribution in [0.3, 0.4) is 0 Å². The van der Waals surface area contributed by atoms with Gasteiger partial charge in [-0.1, -0.05) is 0 Å². The van der Waals surface area contributed by atoms with Gasteiger partial charge in [0.2, 0.25) is 11.8 Å². The Hall–Kier alpha value is -0.940. The molecule has 5 nitrogen and oxygen atoms in total. The number of nitrogens with zero attached hydrogens (tertiary/aromatic N) is 2. The van der Waals surface area contributed by atoms with Crippen LogP contribution in [0.5, 0.6) is 0 Å². The van der Waals surface area contributed by atoms with E-state index in [0.29, 0.717) is 18.3 Å². The zero-order valence-electron chi connectivity index (χ0n) is 7.24. The zero-order valence-corrected chi connectivity index (χ0v) is 7.24. The maximum absolute atomic E-state index is 8.69. The monoisotopic (exact) mass is 171 g/mol. The molecule has 12 heavy (non-hydrogen) atoms. The second kappa shape index (κ2) is 4.18. The summed E-state index contributed by atoms with van der Waals surface area (Å²) in [6.07, 6.45) is 0. The van der Waals surface area contributed by atoms with Gasteiger partial charge >= 0.3 is 0 Å². The van der Waals surface area contributed by atoms with E-state index < -0.39 is 0 Å². The summed E-state index contributed by atoms with van der Waals surface area (Å²) < 4.78 is 5.11. The third kappa shape index (κ3) is 2.60. The van der Waals surface area contributed by atoms with Crippen LogP contribution < -0.4 is 5.32 Å². The van der Waals surface area contributed by atoms with Crippen molar-refractivity contribution in [2.75, 3.05) is 6.61 Å². The van der Waals surface area contributed by atoms with Crippen LogP contribution in [-0.2, 0) is 6.54 Å². The smallest absolute Gasteiger partial charge is 0.230 e. The van der Waals surface area contributed by atoms with E-state index in [1.165, 1.54) is 0 Å². The number of hydrogen-bond donors (Lipinski definition) is 2. The normalized spacial score (nSPS) is 13.2. The molecule has 1 heterocycles. The molecule has 2 N–H and O–H groups in total. The van der Waals surface area contributed by atoms with Crippen molar-refractivity contribution in [2.24, 2.45) is 0 Å². The molecule has 0 saturated carbocycles. The number of aromatic nitrogens is 2. The highest BCUT2D eigenvalue weighted by atomic mass is 16.4. The first kappa shape index (κ1) is 9.15. The Morgan fingerprint density at radius 2 is 2.33 bits per heavy atom. The highest BCUT2D eigenvalue weighted by molar-refractivity contribution is 4.78. The van der Waals surface area contributed by atoms with Crippen LogP contribution >= 0.6 is 0 Å². The Morgan fingerprint density at radius 1 is 1.58 bits per heavy atom. The summed E-state index contributed by atoms with van der Waals surface area (Å²) in [5, 5.41) is 19.2. The molecule has 0 fully saturated rings. The molecule has 0 bridgehead atoms. The standard InChI is InChI=1S/C7H13N3O2/c1-5(4-11)8-3-7-10-9-6(2)12-7/h5,8,11H,3-4H2,1-2H3. The second-order valence-corrected chi connectivity index (χ2v) is 2.68. The quantitative estimate of drug-likeness (QED) is 0.659. The van der Waals surface area contributed by atoms with E-state index in [0.717, 1.165) is 0 Å². The maximum atomic E-state index is 8.69.